The van der Waals surface area contributed by atoms with Gasteiger partial charge in [0.2, 0.25) is 0 Å². The van der Waals surface area contributed by atoms with Crippen molar-refractivity contribution < 1.29 is 18.8 Å². The predicted molar refractivity (Wildman–Crippen MR) is 103 cm³/mol. The monoisotopic (exact) mass is 371 g/mol. The Labute approximate surface area is 154 Å². The number of carbonyl (C=O) groups is 2. The van der Waals surface area contributed by atoms with Gasteiger partial charge in [-0.15, -0.1) is 0 Å². The van der Waals surface area contributed by atoms with Gasteiger partial charge in [0.15, 0.2) is 14.1 Å². The van der Waals surface area contributed by atoms with E-state index in [4.69, 9.17) is 9.16 Å². The van der Waals surface area contributed by atoms with Gasteiger partial charge in [0.25, 0.3) is 0 Å². The molecule has 0 saturated carbocycles. The normalized spacial score (nSPS) is 22.7. The number of amides is 1. The van der Waals surface area contributed by atoms with Gasteiger partial charge in [-0.25, -0.2) is 4.79 Å². The van der Waals surface area contributed by atoms with Crippen LogP contribution in [0.1, 0.15) is 61.3 Å². The van der Waals surface area contributed by atoms with Crippen LogP contribution in [0.15, 0.2) is 0 Å². The molecular formula is C19H37NO4Si. The average molecular weight is 372 g/mol. The summed E-state index contributed by atoms with van der Waals surface area (Å²) in [5, 5.41) is 0.0536. The highest BCUT2D eigenvalue weighted by molar-refractivity contribution is 6.74. The number of piperidine rings is 1. The highest BCUT2D eigenvalue weighted by atomic mass is 28.4. The largest absolute Gasteiger partial charge is 0.444 e. The van der Waals surface area contributed by atoms with Gasteiger partial charge in [0.05, 0.1) is 12.6 Å². The van der Waals surface area contributed by atoms with Crippen molar-refractivity contribution in [1.82, 2.24) is 4.90 Å². The van der Waals surface area contributed by atoms with Crippen LogP contribution in [0.5, 0.6) is 0 Å². The molecule has 6 heteroatoms. The molecule has 146 valence electrons. The van der Waals surface area contributed by atoms with E-state index in [0.29, 0.717) is 18.9 Å². The zero-order valence-corrected chi connectivity index (χ0v) is 18.6. The number of nitrogens with zero attached hydrogens (tertiary/aromatic N) is 1. The topological polar surface area (TPSA) is 55.8 Å². The van der Waals surface area contributed by atoms with Gasteiger partial charge in [-0.3, -0.25) is 9.69 Å². The summed E-state index contributed by atoms with van der Waals surface area (Å²) in [5.74, 6) is 0.405. The van der Waals surface area contributed by atoms with Gasteiger partial charge < -0.3 is 9.16 Å². The summed E-state index contributed by atoms with van der Waals surface area (Å²) >= 11 is 0. The van der Waals surface area contributed by atoms with Crippen molar-refractivity contribution in [2.24, 2.45) is 5.92 Å². The zero-order chi connectivity index (χ0) is 19.6. The standard InChI is InChI=1S/C19H37NO4Si/c1-14-10-11-20(17(22)24-18(2,3)4)15(12-14)16(21)13-23-25(8,9)19(5,6)7/h14-15H,10-13H2,1-9H3/t14-,15-/m1/s1. The molecule has 0 N–H and O–H groups in total. The molecular weight excluding hydrogens is 334 g/mol. The van der Waals surface area contributed by atoms with Crippen molar-refractivity contribution in [2.75, 3.05) is 13.2 Å². The van der Waals surface area contributed by atoms with Crippen molar-refractivity contribution in [2.45, 2.75) is 91.1 Å². The predicted octanol–water partition coefficient (Wildman–Crippen LogP) is 4.61. The number of Topliss-reactive ketones (excluding diaryl/α,β-unsaturated/α-hetero) is 1. The van der Waals surface area contributed by atoms with Crippen LogP contribution in [-0.2, 0) is 14.0 Å². The summed E-state index contributed by atoms with van der Waals surface area (Å²) in [6.45, 7) is 19.0. The molecule has 0 radical (unpaired) electrons. The van der Waals surface area contributed by atoms with E-state index in [1.54, 1.807) is 4.90 Å². The number of hydrogen-bond donors (Lipinski definition) is 0. The molecule has 1 heterocycles. The second-order valence-electron chi connectivity index (χ2n) is 9.83. The van der Waals surface area contributed by atoms with E-state index in [2.05, 4.69) is 40.8 Å². The highest BCUT2D eigenvalue weighted by Crippen LogP contribution is 2.36. The van der Waals surface area contributed by atoms with Crippen molar-refractivity contribution in [3.05, 3.63) is 0 Å². The van der Waals surface area contributed by atoms with Crippen molar-refractivity contribution >= 4 is 20.2 Å². The van der Waals surface area contributed by atoms with E-state index in [-0.39, 0.29) is 17.4 Å². The van der Waals surface area contributed by atoms with Crippen LogP contribution in [0.2, 0.25) is 18.1 Å². The maximum Gasteiger partial charge on any atom is 0.410 e. The Balaban J connectivity index is 2.82. The van der Waals surface area contributed by atoms with Crippen LogP contribution in [0, 0.1) is 5.92 Å². The molecule has 5 nitrogen and oxygen atoms in total. The van der Waals surface area contributed by atoms with Gasteiger partial charge >= 0.3 is 6.09 Å². The Bertz CT molecular complexity index is 491. The number of ketones is 1. The first-order valence-electron chi connectivity index (χ1n) is 9.30. The van der Waals surface area contributed by atoms with Crippen molar-refractivity contribution in [3.63, 3.8) is 0 Å². The Morgan fingerprint density at radius 2 is 1.68 bits per heavy atom. The van der Waals surface area contributed by atoms with E-state index in [9.17, 15) is 9.59 Å². The lowest BCUT2D eigenvalue weighted by Crippen LogP contribution is -2.53. The Kier molecular flexibility index (Phi) is 6.90. The Morgan fingerprint density at radius 1 is 1.12 bits per heavy atom. The van der Waals surface area contributed by atoms with Gasteiger partial charge in [0.1, 0.15) is 5.60 Å². The molecule has 2 atom stereocenters. The summed E-state index contributed by atoms with van der Waals surface area (Å²) < 4.78 is 11.6. The minimum absolute atomic E-state index is 0.0118. The number of ether oxygens (including phenoxy) is 1. The van der Waals surface area contributed by atoms with Crippen molar-refractivity contribution in [3.8, 4) is 0 Å². The quantitative estimate of drug-likeness (QED) is 0.677. The molecule has 0 aromatic heterocycles. The molecule has 0 aromatic rings. The first-order chi connectivity index (χ1) is 11.1. The van der Waals surface area contributed by atoms with E-state index in [0.717, 1.165) is 6.42 Å². The maximum absolute atomic E-state index is 12.8. The van der Waals surface area contributed by atoms with E-state index >= 15 is 0 Å². The first-order valence-corrected chi connectivity index (χ1v) is 12.2. The molecule has 0 bridgehead atoms. The third-order valence-electron chi connectivity index (χ3n) is 5.25. The minimum Gasteiger partial charge on any atom is -0.444 e. The summed E-state index contributed by atoms with van der Waals surface area (Å²) in [4.78, 5) is 27.0. The fraction of sp³-hybridized carbons (Fsp3) is 0.895. The number of hydrogen-bond acceptors (Lipinski definition) is 4. The lowest BCUT2D eigenvalue weighted by molar-refractivity contribution is -0.128. The molecule has 1 amide bonds. The second-order valence-corrected chi connectivity index (χ2v) is 14.6. The van der Waals surface area contributed by atoms with E-state index in [1.165, 1.54) is 0 Å². The maximum atomic E-state index is 12.8. The molecule has 1 fully saturated rings. The second kappa shape index (κ2) is 7.78. The van der Waals surface area contributed by atoms with Gasteiger partial charge in [-0.1, -0.05) is 27.7 Å². The lowest BCUT2D eigenvalue weighted by atomic mass is 9.90. The molecule has 0 unspecified atom stereocenters. The fourth-order valence-corrected chi connectivity index (χ4v) is 3.49. The third-order valence-corrected chi connectivity index (χ3v) is 9.72. The Hall–Kier alpha value is -0.883. The molecule has 1 saturated heterocycles. The Morgan fingerprint density at radius 3 is 2.16 bits per heavy atom. The molecule has 1 aliphatic heterocycles. The smallest absolute Gasteiger partial charge is 0.410 e. The van der Waals surface area contributed by atoms with Crippen LogP contribution >= 0.6 is 0 Å². The zero-order valence-electron chi connectivity index (χ0n) is 17.6. The number of likely N-dealkylation sites (tertiary alicyclic amines) is 1. The van der Waals surface area contributed by atoms with Crippen LogP contribution < -0.4 is 0 Å². The molecule has 0 spiro atoms. The van der Waals surface area contributed by atoms with Crippen LogP contribution in [0.4, 0.5) is 4.79 Å². The highest BCUT2D eigenvalue weighted by Gasteiger charge is 2.40. The fourth-order valence-electron chi connectivity index (χ4n) is 2.55. The molecule has 1 aliphatic rings. The lowest BCUT2D eigenvalue weighted by Gasteiger charge is -2.40. The van der Waals surface area contributed by atoms with Crippen LogP contribution in [-0.4, -0.2) is 49.9 Å². The molecule has 1 rings (SSSR count). The summed E-state index contributed by atoms with van der Waals surface area (Å²) in [5.41, 5.74) is -0.564. The summed E-state index contributed by atoms with van der Waals surface area (Å²) in [6.07, 6.45) is 1.18. The van der Waals surface area contributed by atoms with E-state index in [1.807, 2.05) is 20.8 Å². The number of rotatable bonds is 4. The molecule has 25 heavy (non-hydrogen) atoms. The van der Waals surface area contributed by atoms with Gasteiger partial charge in [-0.2, -0.15) is 0 Å². The van der Waals surface area contributed by atoms with Gasteiger partial charge in [-0.05, 0) is 57.7 Å². The van der Waals surface area contributed by atoms with E-state index < -0.39 is 26.1 Å². The van der Waals surface area contributed by atoms with Crippen LogP contribution in [0.25, 0.3) is 0 Å². The minimum atomic E-state index is -1.99. The molecule has 0 aliphatic carbocycles. The first kappa shape index (κ1) is 22.2. The number of carbonyl (C=O) groups excluding carboxylic acids is 2. The SMILES string of the molecule is C[C@@H]1CCN(C(=O)OC(C)(C)C)[C@@H](C(=O)CO[Si](C)(C)C(C)(C)C)C1. The average Bonchev–Trinajstić information content (AvgIpc) is 2.41. The molecule has 0 aromatic carbocycles. The van der Waals surface area contributed by atoms with Gasteiger partial charge in [0, 0.05) is 6.54 Å². The summed E-state index contributed by atoms with van der Waals surface area (Å²) in [6, 6.07) is -0.441. The van der Waals surface area contributed by atoms with Crippen molar-refractivity contribution in [1.29, 1.82) is 0 Å². The summed E-state index contributed by atoms with van der Waals surface area (Å²) in [7, 11) is -1.99. The third kappa shape index (κ3) is 6.41. The van der Waals surface area contributed by atoms with Crippen LogP contribution in [0.3, 0.4) is 0 Å².